The zero-order chi connectivity index (χ0) is 18.6. The highest BCUT2D eigenvalue weighted by atomic mass is 15.3. The van der Waals surface area contributed by atoms with Crippen LogP contribution in [0.25, 0.3) is 0 Å². The number of hydrogen-bond acceptors (Lipinski definition) is 2. The molecule has 5 nitrogen and oxygen atoms in total. The van der Waals surface area contributed by atoms with Gasteiger partial charge in [-0.25, -0.2) is 0 Å². The van der Waals surface area contributed by atoms with Gasteiger partial charge in [0, 0.05) is 43.9 Å². The second-order valence-corrected chi connectivity index (χ2v) is 7.13. The summed E-state index contributed by atoms with van der Waals surface area (Å²) in [5.41, 5.74) is 5.49. The van der Waals surface area contributed by atoms with Crippen LogP contribution in [0.4, 0.5) is 0 Å². The van der Waals surface area contributed by atoms with Crippen LogP contribution in [0.5, 0.6) is 0 Å². The molecule has 0 bridgehead atoms. The van der Waals surface area contributed by atoms with Crippen molar-refractivity contribution in [1.29, 1.82) is 0 Å². The first-order valence-electron chi connectivity index (χ1n) is 9.67. The second-order valence-electron chi connectivity index (χ2n) is 7.13. The third-order valence-electron chi connectivity index (χ3n) is 5.52. The number of aliphatic imine (C=N–C) groups is 1. The van der Waals surface area contributed by atoms with E-state index in [1.807, 2.05) is 18.8 Å². The Morgan fingerprint density at radius 1 is 1.15 bits per heavy atom. The van der Waals surface area contributed by atoms with E-state index in [0.29, 0.717) is 0 Å². The molecule has 0 amide bonds. The van der Waals surface area contributed by atoms with Crippen molar-refractivity contribution >= 4 is 5.96 Å². The van der Waals surface area contributed by atoms with Gasteiger partial charge in [-0.15, -0.1) is 0 Å². The lowest BCUT2D eigenvalue weighted by molar-refractivity contribution is 0.644. The van der Waals surface area contributed by atoms with Crippen molar-refractivity contribution in [2.75, 3.05) is 13.6 Å². The molecular formula is C21H31N5. The van der Waals surface area contributed by atoms with Crippen molar-refractivity contribution in [3.63, 3.8) is 0 Å². The zero-order valence-electron chi connectivity index (χ0n) is 16.5. The molecule has 1 heterocycles. The molecule has 0 spiro atoms. The highest BCUT2D eigenvalue weighted by Gasteiger charge is 2.44. The summed E-state index contributed by atoms with van der Waals surface area (Å²) in [6, 6.07) is 10.8. The number of guanidine groups is 1. The molecule has 2 N–H and O–H groups in total. The summed E-state index contributed by atoms with van der Waals surface area (Å²) in [4.78, 5) is 4.41. The van der Waals surface area contributed by atoms with Crippen molar-refractivity contribution in [2.45, 2.75) is 51.5 Å². The maximum atomic E-state index is 4.65. The number of nitrogens with one attached hydrogen (secondary N) is 2. The third-order valence-corrected chi connectivity index (χ3v) is 5.52. The fourth-order valence-corrected chi connectivity index (χ4v) is 3.75. The highest BCUT2D eigenvalue weighted by molar-refractivity contribution is 5.79. The summed E-state index contributed by atoms with van der Waals surface area (Å²) in [6.45, 7) is 6.03. The SMILES string of the molecule is CCc1nn(C)c(CC)c1CNC(=NC)NCC1(c2ccccc2)CC1. The van der Waals surface area contributed by atoms with Gasteiger partial charge < -0.3 is 10.6 Å². The number of aryl methyl sites for hydroxylation is 2. The number of hydrogen-bond donors (Lipinski definition) is 2. The molecule has 140 valence electrons. The first-order chi connectivity index (χ1) is 12.6. The molecule has 1 aromatic heterocycles. The Morgan fingerprint density at radius 2 is 1.88 bits per heavy atom. The molecule has 1 aromatic carbocycles. The van der Waals surface area contributed by atoms with Gasteiger partial charge in [-0.05, 0) is 31.2 Å². The van der Waals surface area contributed by atoms with E-state index in [-0.39, 0.29) is 5.41 Å². The number of nitrogens with zero attached hydrogens (tertiary/aromatic N) is 3. The van der Waals surface area contributed by atoms with Crippen molar-refractivity contribution in [3.8, 4) is 0 Å². The van der Waals surface area contributed by atoms with Crippen molar-refractivity contribution < 1.29 is 0 Å². The van der Waals surface area contributed by atoms with Gasteiger partial charge in [0.2, 0.25) is 0 Å². The van der Waals surface area contributed by atoms with Crippen LogP contribution in [0.3, 0.4) is 0 Å². The molecule has 1 fully saturated rings. The van der Waals surface area contributed by atoms with Crippen LogP contribution in [0.15, 0.2) is 35.3 Å². The molecule has 1 aliphatic rings. The summed E-state index contributed by atoms with van der Waals surface area (Å²) in [7, 11) is 3.87. The normalized spacial score (nSPS) is 15.8. The maximum Gasteiger partial charge on any atom is 0.191 e. The summed E-state index contributed by atoms with van der Waals surface area (Å²) in [5, 5.41) is 11.7. The minimum absolute atomic E-state index is 0.274. The molecule has 5 heteroatoms. The molecule has 3 rings (SSSR count). The van der Waals surface area contributed by atoms with Gasteiger partial charge in [-0.2, -0.15) is 5.10 Å². The Balaban J connectivity index is 1.62. The molecule has 0 saturated heterocycles. The Bertz CT molecular complexity index is 756. The largest absolute Gasteiger partial charge is 0.356 e. The molecule has 1 aliphatic carbocycles. The van der Waals surface area contributed by atoms with Crippen LogP contribution in [0.2, 0.25) is 0 Å². The number of benzene rings is 1. The van der Waals surface area contributed by atoms with Crippen LogP contribution in [-0.4, -0.2) is 29.3 Å². The predicted molar refractivity (Wildman–Crippen MR) is 108 cm³/mol. The zero-order valence-corrected chi connectivity index (χ0v) is 16.5. The van der Waals surface area contributed by atoms with Gasteiger partial charge in [-0.3, -0.25) is 9.67 Å². The highest BCUT2D eigenvalue weighted by Crippen LogP contribution is 2.47. The van der Waals surface area contributed by atoms with Crippen LogP contribution in [0, 0.1) is 0 Å². The van der Waals surface area contributed by atoms with Gasteiger partial charge in [0.25, 0.3) is 0 Å². The van der Waals surface area contributed by atoms with Crippen LogP contribution in [0.1, 0.15) is 49.2 Å². The topological polar surface area (TPSA) is 54.2 Å². The van der Waals surface area contributed by atoms with E-state index in [1.54, 1.807) is 0 Å². The smallest absolute Gasteiger partial charge is 0.191 e. The average molecular weight is 354 g/mol. The molecule has 26 heavy (non-hydrogen) atoms. The van der Waals surface area contributed by atoms with Gasteiger partial charge >= 0.3 is 0 Å². The Morgan fingerprint density at radius 3 is 2.46 bits per heavy atom. The summed E-state index contributed by atoms with van der Waals surface area (Å²) < 4.78 is 2.01. The first-order valence-corrected chi connectivity index (χ1v) is 9.67. The predicted octanol–water partition coefficient (Wildman–Crippen LogP) is 2.94. The quantitative estimate of drug-likeness (QED) is 0.594. The minimum Gasteiger partial charge on any atom is -0.356 e. The van der Waals surface area contributed by atoms with E-state index in [2.05, 4.69) is 64.9 Å². The van der Waals surface area contributed by atoms with E-state index >= 15 is 0 Å². The second kappa shape index (κ2) is 7.94. The maximum absolute atomic E-state index is 4.65. The number of aromatic nitrogens is 2. The monoisotopic (exact) mass is 353 g/mol. The van der Waals surface area contributed by atoms with E-state index in [4.69, 9.17) is 0 Å². The van der Waals surface area contributed by atoms with Crippen LogP contribution in [-0.2, 0) is 31.8 Å². The first kappa shape index (κ1) is 18.5. The van der Waals surface area contributed by atoms with Crippen molar-refractivity contribution in [1.82, 2.24) is 20.4 Å². The number of rotatable bonds is 7. The third kappa shape index (κ3) is 3.76. The van der Waals surface area contributed by atoms with E-state index < -0.39 is 0 Å². The lowest BCUT2D eigenvalue weighted by Crippen LogP contribution is -2.41. The van der Waals surface area contributed by atoms with Gasteiger partial charge in [0.05, 0.1) is 5.69 Å². The summed E-state index contributed by atoms with van der Waals surface area (Å²) in [5.74, 6) is 0.861. The van der Waals surface area contributed by atoms with Crippen LogP contribution < -0.4 is 10.6 Å². The lowest BCUT2D eigenvalue weighted by Gasteiger charge is -2.19. The van der Waals surface area contributed by atoms with Gasteiger partial charge in [0.15, 0.2) is 5.96 Å². The fourth-order valence-electron chi connectivity index (χ4n) is 3.75. The molecule has 0 unspecified atom stereocenters. The van der Waals surface area contributed by atoms with Gasteiger partial charge in [0.1, 0.15) is 0 Å². The Hall–Kier alpha value is -2.30. The Labute approximate surface area is 156 Å². The van der Waals surface area contributed by atoms with Crippen molar-refractivity contribution in [2.24, 2.45) is 12.0 Å². The van der Waals surface area contributed by atoms with Crippen molar-refractivity contribution in [3.05, 3.63) is 52.8 Å². The standard InChI is InChI=1S/C21H31N5/c1-5-18-17(19(6-2)26(4)25-18)14-23-20(22-3)24-15-21(12-13-21)16-10-8-7-9-11-16/h7-11H,5-6,12-15H2,1-4H3,(H2,22,23,24). The fraction of sp³-hybridized carbons (Fsp3) is 0.524. The molecular weight excluding hydrogens is 322 g/mol. The molecule has 0 atom stereocenters. The average Bonchev–Trinajstić information content (AvgIpc) is 3.40. The molecule has 1 saturated carbocycles. The molecule has 0 radical (unpaired) electrons. The van der Waals surface area contributed by atoms with Gasteiger partial charge in [-0.1, -0.05) is 44.2 Å². The summed E-state index contributed by atoms with van der Waals surface area (Å²) >= 11 is 0. The van der Waals surface area contributed by atoms with E-state index in [0.717, 1.165) is 31.9 Å². The molecule has 0 aliphatic heterocycles. The molecule has 2 aromatic rings. The van der Waals surface area contributed by atoms with Crippen LogP contribution >= 0.6 is 0 Å². The Kier molecular flexibility index (Phi) is 5.64. The minimum atomic E-state index is 0.274. The lowest BCUT2D eigenvalue weighted by atomic mass is 9.96. The van der Waals surface area contributed by atoms with E-state index in [1.165, 1.54) is 35.4 Å². The summed E-state index contributed by atoms with van der Waals surface area (Å²) in [6.07, 6.45) is 4.42. The van der Waals surface area contributed by atoms with E-state index in [9.17, 15) is 0 Å².